The van der Waals surface area contributed by atoms with Crippen LogP contribution in [0, 0.1) is 0 Å². The quantitative estimate of drug-likeness (QED) is 0.377. The van der Waals surface area contributed by atoms with Crippen molar-refractivity contribution >= 4 is 28.4 Å². The van der Waals surface area contributed by atoms with Gasteiger partial charge in [0.05, 0.1) is 24.7 Å². The van der Waals surface area contributed by atoms with E-state index in [2.05, 4.69) is 15.6 Å². The molecule has 2 amide bonds. The van der Waals surface area contributed by atoms with Crippen molar-refractivity contribution in [2.75, 3.05) is 19.0 Å². The topological polar surface area (TPSA) is 100 Å². The van der Waals surface area contributed by atoms with E-state index < -0.39 is 11.5 Å². The molecule has 172 valence electrons. The standard InChI is InChI=1S/C27H25N3O4/c1-34-20-12-10-19(11-13-20)16-25(31)29-23-8-5-9-24-21(23)17-22(27(33)30-24)26(32)28-15-14-18-6-3-2-4-7-18/h2-13,17H,14-16H2,1H3,(H,28,32)(H,29,31)(H,30,33). The number of carbonyl (C=O) groups excluding carboxylic acids is 2. The Balaban J connectivity index is 1.49. The second-order valence-corrected chi connectivity index (χ2v) is 7.84. The van der Waals surface area contributed by atoms with Gasteiger partial charge in [0.2, 0.25) is 5.91 Å². The molecule has 7 nitrogen and oxygen atoms in total. The van der Waals surface area contributed by atoms with Gasteiger partial charge in [-0.05, 0) is 47.9 Å². The maximum Gasteiger partial charge on any atom is 0.261 e. The van der Waals surface area contributed by atoms with Gasteiger partial charge in [0.25, 0.3) is 11.5 Å². The first kappa shape index (κ1) is 22.8. The van der Waals surface area contributed by atoms with Crippen LogP contribution >= 0.6 is 0 Å². The van der Waals surface area contributed by atoms with E-state index in [1.54, 1.807) is 37.4 Å². The highest BCUT2D eigenvalue weighted by molar-refractivity contribution is 6.04. The molecular weight excluding hydrogens is 430 g/mol. The van der Waals surface area contributed by atoms with Crippen molar-refractivity contribution in [1.82, 2.24) is 10.3 Å². The fourth-order valence-corrected chi connectivity index (χ4v) is 3.69. The third-order valence-electron chi connectivity index (χ3n) is 5.47. The minimum Gasteiger partial charge on any atom is -0.497 e. The Labute approximate surface area is 196 Å². The number of rotatable bonds is 8. The van der Waals surface area contributed by atoms with E-state index in [4.69, 9.17) is 4.74 Å². The van der Waals surface area contributed by atoms with Gasteiger partial charge in [0.1, 0.15) is 11.3 Å². The molecule has 0 unspecified atom stereocenters. The zero-order valence-corrected chi connectivity index (χ0v) is 18.8. The third-order valence-corrected chi connectivity index (χ3v) is 5.47. The summed E-state index contributed by atoms with van der Waals surface area (Å²) in [5, 5.41) is 6.27. The second-order valence-electron chi connectivity index (χ2n) is 7.84. The highest BCUT2D eigenvalue weighted by Gasteiger charge is 2.14. The highest BCUT2D eigenvalue weighted by Crippen LogP contribution is 2.22. The summed E-state index contributed by atoms with van der Waals surface area (Å²) in [6.45, 7) is 0.403. The maximum atomic E-state index is 12.7. The second kappa shape index (κ2) is 10.5. The molecule has 0 saturated heterocycles. The Bertz CT molecular complexity index is 1360. The van der Waals surface area contributed by atoms with Gasteiger partial charge in [-0.3, -0.25) is 14.4 Å². The molecule has 0 fully saturated rings. The van der Waals surface area contributed by atoms with Gasteiger partial charge in [0, 0.05) is 11.9 Å². The molecule has 0 saturated carbocycles. The molecule has 3 N–H and O–H groups in total. The van der Waals surface area contributed by atoms with Gasteiger partial charge in [-0.25, -0.2) is 0 Å². The number of methoxy groups -OCH3 is 1. The zero-order chi connectivity index (χ0) is 23.9. The van der Waals surface area contributed by atoms with Gasteiger partial charge in [-0.1, -0.05) is 48.5 Å². The zero-order valence-electron chi connectivity index (χ0n) is 18.8. The average molecular weight is 456 g/mol. The molecule has 0 aliphatic heterocycles. The Kier molecular flexibility index (Phi) is 7.03. The van der Waals surface area contributed by atoms with Crippen molar-refractivity contribution in [3.63, 3.8) is 0 Å². The van der Waals surface area contributed by atoms with Crippen LogP contribution in [0.3, 0.4) is 0 Å². The van der Waals surface area contributed by atoms with Crippen LogP contribution < -0.4 is 20.9 Å². The van der Waals surface area contributed by atoms with Crippen molar-refractivity contribution in [3.05, 3.63) is 106 Å². The summed E-state index contributed by atoms with van der Waals surface area (Å²) in [6, 6.07) is 23.8. The smallest absolute Gasteiger partial charge is 0.261 e. The van der Waals surface area contributed by atoms with E-state index in [0.717, 1.165) is 16.9 Å². The lowest BCUT2D eigenvalue weighted by molar-refractivity contribution is -0.115. The van der Waals surface area contributed by atoms with E-state index in [9.17, 15) is 14.4 Å². The largest absolute Gasteiger partial charge is 0.497 e. The first-order valence-electron chi connectivity index (χ1n) is 10.9. The lowest BCUT2D eigenvalue weighted by Gasteiger charge is -2.11. The maximum absolute atomic E-state index is 12.7. The fraction of sp³-hybridized carbons (Fsp3) is 0.148. The number of nitrogens with one attached hydrogen (secondary N) is 3. The molecule has 3 aromatic carbocycles. The number of fused-ring (bicyclic) bond motifs is 1. The van der Waals surface area contributed by atoms with Crippen molar-refractivity contribution in [1.29, 1.82) is 0 Å². The van der Waals surface area contributed by atoms with Gasteiger partial charge in [0.15, 0.2) is 0 Å². The normalized spacial score (nSPS) is 10.6. The van der Waals surface area contributed by atoms with Gasteiger partial charge < -0.3 is 20.4 Å². The highest BCUT2D eigenvalue weighted by atomic mass is 16.5. The van der Waals surface area contributed by atoms with Crippen LogP contribution in [-0.4, -0.2) is 30.5 Å². The molecule has 34 heavy (non-hydrogen) atoms. The number of aromatic nitrogens is 1. The van der Waals surface area contributed by atoms with Crippen LogP contribution in [0.1, 0.15) is 21.5 Å². The van der Waals surface area contributed by atoms with E-state index in [0.29, 0.717) is 29.6 Å². The first-order valence-corrected chi connectivity index (χ1v) is 10.9. The average Bonchev–Trinajstić information content (AvgIpc) is 2.85. The minimum atomic E-state index is -0.480. The van der Waals surface area contributed by atoms with Crippen LogP contribution in [0.25, 0.3) is 10.9 Å². The van der Waals surface area contributed by atoms with Crippen molar-refractivity contribution in [2.24, 2.45) is 0 Å². The summed E-state index contributed by atoms with van der Waals surface area (Å²) in [5.74, 6) is 0.0490. The first-order chi connectivity index (χ1) is 16.5. The molecule has 4 aromatic rings. The minimum absolute atomic E-state index is 0.00239. The van der Waals surface area contributed by atoms with E-state index in [-0.39, 0.29) is 17.9 Å². The number of ether oxygens (including phenoxy) is 1. The molecule has 1 heterocycles. The van der Waals surface area contributed by atoms with Crippen LogP contribution in [0.2, 0.25) is 0 Å². The molecule has 7 heteroatoms. The van der Waals surface area contributed by atoms with Crippen molar-refractivity contribution < 1.29 is 14.3 Å². The Morgan fingerprint density at radius 3 is 2.41 bits per heavy atom. The SMILES string of the molecule is COc1ccc(CC(=O)Nc2cccc3[nH]c(=O)c(C(=O)NCCc4ccccc4)cc23)cc1. The summed E-state index contributed by atoms with van der Waals surface area (Å²) in [5.41, 5.74) is 2.50. The molecule has 4 rings (SSSR count). The third kappa shape index (κ3) is 5.50. The molecule has 0 aliphatic carbocycles. The van der Waals surface area contributed by atoms with Crippen LogP contribution in [0.5, 0.6) is 5.75 Å². The molecular formula is C27H25N3O4. The molecule has 0 aliphatic rings. The summed E-state index contributed by atoms with van der Waals surface area (Å²) < 4.78 is 5.14. The Morgan fingerprint density at radius 1 is 0.912 bits per heavy atom. The number of aromatic amines is 1. The molecule has 0 spiro atoms. The number of pyridine rings is 1. The molecule has 0 radical (unpaired) electrons. The number of hydrogen-bond donors (Lipinski definition) is 3. The van der Waals surface area contributed by atoms with Crippen LogP contribution in [0.4, 0.5) is 5.69 Å². The van der Waals surface area contributed by atoms with Crippen molar-refractivity contribution in [2.45, 2.75) is 12.8 Å². The summed E-state index contributed by atoms with van der Waals surface area (Å²) >= 11 is 0. The summed E-state index contributed by atoms with van der Waals surface area (Å²) in [4.78, 5) is 40.6. The molecule has 0 bridgehead atoms. The summed E-state index contributed by atoms with van der Waals surface area (Å²) in [7, 11) is 1.59. The molecule has 1 aromatic heterocycles. The fourth-order valence-electron chi connectivity index (χ4n) is 3.69. The number of amides is 2. The van der Waals surface area contributed by atoms with Crippen molar-refractivity contribution in [3.8, 4) is 5.75 Å². The van der Waals surface area contributed by atoms with E-state index in [1.165, 1.54) is 6.07 Å². The lowest BCUT2D eigenvalue weighted by Crippen LogP contribution is -2.31. The number of carbonyl (C=O) groups is 2. The van der Waals surface area contributed by atoms with Gasteiger partial charge in [-0.2, -0.15) is 0 Å². The number of H-pyrrole nitrogens is 1. The number of hydrogen-bond acceptors (Lipinski definition) is 4. The number of benzene rings is 3. The Morgan fingerprint density at radius 2 is 1.68 bits per heavy atom. The summed E-state index contributed by atoms with van der Waals surface area (Å²) in [6.07, 6.45) is 0.835. The van der Waals surface area contributed by atoms with E-state index in [1.807, 2.05) is 42.5 Å². The van der Waals surface area contributed by atoms with Gasteiger partial charge >= 0.3 is 0 Å². The lowest BCUT2D eigenvalue weighted by atomic mass is 10.1. The van der Waals surface area contributed by atoms with Crippen LogP contribution in [0.15, 0.2) is 83.7 Å². The van der Waals surface area contributed by atoms with E-state index >= 15 is 0 Å². The molecule has 0 atom stereocenters. The monoisotopic (exact) mass is 455 g/mol. The van der Waals surface area contributed by atoms with Crippen LogP contribution in [-0.2, 0) is 17.6 Å². The number of anilines is 1. The van der Waals surface area contributed by atoms with Gasteiger partial charge in [-0.15, -0.1) is 0 Å². The predicted molar refractivity (Wildman–Crippen MR) is 132 cm³/mol. The predicted octanol–water partition coefficient (Wildman–Crippen LogP) is 3.69. The Hall–Kier alpha value is -4.39.